The summed E-state index contributed by atoms with van der Waals surface area (Å²) < 4.78 is 5.75. The molecule has 0 spiro atoms. The highest BCUT2D eigenvalue weighted by Gasteiger charge is 2.24. The Kier molecular flexibility index (Phi) is 7.18. The molecule has 1 amide bonds. The number of nitrogens with one attached hydrogen (secondary N) is 2. The Morgan fingerprint density at radius 2 is 1.96 bits per heavy atom. The molecule has 28 heavy (non-hydrogen) atoms. The zero-order valence-electron chi connectivity index (χ0n) is 16.6. The summed E-state index contributed by atoms with van der Waals surface area (Å²) in [5.74, 6) is 1.01. The molecule has 2 aromatic rings. The molecule has 1 heterocycles. The number of ether oxygens (including phenoxy) is 1. The maximum absolute atomic E-state index is 12.5. The molecule has 2 N–H and O–H groups in total. The summed E-state index contributed by atoms with van der Waals surface area (Å²) in [6.45, 7) is 8.83. The molecular formula is C22H29ClN3O2+. The van der Waals surface area contributed by atoms with Crippen molar-refractivity contribution in [3.8, 4) is 5.75 Å². The maximum atomic E-state index is 12.5. The first-order chi connectivity index (χ1) is 13.6. The summed E-state index contributed by atoms with van der Waals surface area (Å²) in [5, 5.41) is 3.78. The largest absolute Gasteiger partial charge is 0.492 e. The predicted octanol–water partition coefficient (Wildman–Crippen LogP) is 2.32. The normalized spacial score (nSPS) is 15.9. The van der Waals surface area contributed by atoms with Crippen LogP contribution < -0.4 is 19.9 Å². The van der Waals surface area contributed by atoms with Crippen LogP contribution in [0.15, 0.2) is 48.5 Å². The summed E-state index contributed by atoms with van der Waals surface area (Å²) in [4.78, 5) is 16.1. The number of carbonyl (C=O) groups excluding carboxylic acids is 1. The number of benzene rings is 2. The summed E-state index contributed by atoms with van der Waals surface area (Å²) in [5.41, 5.74) is 2.16. The van der Waals surface area contributed by atoms with Crippen LogP contribution in [0.25, 0.3) is 0 Å². The number of piperazine rings is 1. The first-order valence-corrected chi connectivity index (χ1v) is 10.3. The highest BCUT2D eigenvalue weighted by Crippen LogP contribution is 2.27. The molecular weight excluding hydrogens is 374 g/mol. The van der Waals surface area contributed by atoms with Crippen molar-refractivity contribution in [2.24, 2.45) is 0 Å². The lowest BCUT2D eigenvalue weighted by Gasteiger charge is -2.34. The number of rotatable bonds is 7. The Hall–Kier alpha value is -2.24. The number of halogens is 1. The van der Waals surface area contributed by atoms with E-state index in [2.05, 4.69) is 16.3 Å². The van der Waals surface area contributed by atoms with Gasteiger partial charge < -0.3 is 19.9 Å². The Balaban J connectivity index is 1.49. The molecule has 0 radical (unpaired) electrons. The van der Waals surface area contributed by atoms with Crippen LogP contribution in [0, 0.1) is 0 Å². The summed E-state index contributed by atoms with van der Waals surface area (Å²) >= 11 is 6.05. The number of carbonyl (C=O) groups is 1. The van der Waals surface area contributed by atoms with E-state index in [1.165, 1.54) is 4.90 Å². The van der Waals surface area contributed by atoms with Crippen molar-refractivity contribution in [3.63, 3.8) is 0 Å². The number of hydrogen-bond donors (Lipinski definition) is 2. The van der Waals surface area contributed by atoms with E-state index in [4.69, 9.17) is 16.3 Å². The third-order valence-corrected chi connectivity index (χ3v) is 5.35. The molecule has 0 saturated carbocycles. The summed E-state index contributed by atoms with van der Waals surface area (Å²) in [6.07, 6.45) is 0. The van der Waals surface area contributed by atoms with E-state index in [9.17, 15) is 4.79 Å². The molecule has 1 saturated heterocycles. The Morgan fingerprint density at radius 1 is 1.21 bits per heavy atom. The minimum Gasteiger partial charge on any atom is -0.492 e. The average Bonchev–Trinajstić information content (AvgIpc) is 2.69. The lowest BCUT2D eigenvalue weighted by molar-refractivity contribution is -0.892. The van der Waals surface area contributed by atoms with Crippen LogP contribution >= 0.6 is 11.6 Å². The first-order valence-electron chi connectivity index (χ1n) is 9.92. The van der Waals surface area contributed by atoms with Gasteiger partial charge in [0.1, 0.15) is 5.75 Å². The molecule has 150 valence electrons. The van der Waals surface area contributed by atoms with Crippen LogP contribution in [0.4, 0.5) is 5.69 Å². The molecule has 0 unspecified atom stereocenters. The molecule has 5 nitrogen and oxygen atoms in total. The smallest absolute Gasteiger partial charge is 0.275 e. The van der Waals surface area contributed by atoms with Crippen molar-refractivity contribution < 1.29 is 14.4 Å². The van der Waals surface area contributed by atoms with E-state index in [0.717, 1.165) is 43.2 Å². The third-order valence-electron chi connectivity index (χ3n) is 5.11. The van der Waals surface area contributed by atoms with Crippen LogP contribution in [0.2, 0.25) is 5.02 Å². The van der Waals surface area contributed by atoms with E-state index >= 15 is 0 Å². The van der Waals surface area contributed by atoms with Crippen molar-refractivity contribution in [2.75, 3.05) is 44.2 Å². The van der Waals surface area contributed by atoms with Crippen molar-refractivity contribution in [2.45, 2.75) is 19.9 Å². The predicted molar refractivity (Wildman–Crippen MR) is 113 cm³/mol. The molecule has 1 aliphatic rings. The SMILES string of the molecule is CCOc1ccccc1N1CC[NH+](CC(=O)N[C@H](C)c2cccc(Cl)c2)CC1. The summed E-state index contributed by atoms with van der Waals surface area (Å²) in [7, 11) is 0. The van der Waals surface area contributed by atoms with Crippen LogP contribution in [-0.4, -0.2) is 45.2 Å². The molecule has 0 aliphatic carbocycles. The monoisotopic (exact) mass is 402 g/mol. The van der Waals surface area contributed by atoms with E-state index < -0.39 is 0 Å². The van der Waals surface area contributed by atoms with Gasteiger partial charge in [0.2, 0.25) is 0 Å². The molecule has 6 heteroatoms. The van der Waals surface area contributed by atoms with Gasteiger partial charge in [-0.1, -0.05) is 35.9 Å². The molecule has 2 aromatic carbocycles. The lowest BCUT2D eigenvalue weighted by Crippen LogP contribution is -3.15. The first kappa shape index (κ1) is 20.5. The highest BCUT2D eigenvalue weighted by atomic mass is 35.5. The standard InChI is InChI=1S/C22H28ClN3O2/c1-3-28-21-10-5-4-9-20(21)26-13-11-25(12-14-26)16-22(27)24-17(2)18-7-6-8-19(23)15-18/h4-10,15,17H,3,11-14,16H2,1-2H3,(H,24,27)/p+1/t17-/m1/s1. The minimum absolute atomic E-state index is 0.0510. The molecule has 1 aliphatic heterocycles. The van der Waals surface area contributed by atoms with Crippen molar-refractivity contribution in [1.29, 1.82) is 0 Å². The quantitative estimate of drug-likeness (QED) is 0.747. The Morgan fingerprint density at radius 3 is 2.68 bits per heavy atom. The number of amides is 1. The number of anilines is 1. The van der Waals surface area contributed by atoms with Crippen LogP contribution in [0.5, 0.6) is 5.75 Å². The molecule has 1 atom stereocenters. The fraction of sp³-hybridized carbons (Fsp3) is 0.409. The van der Waals surface area contributed by atoms with Gasteiger partial charge in [0, 0.05) is 5.02 Å². The van der Waals surface area contributed by atoms with Gasteiger partial charge in [-0.2, -0.15) is 0 Å². The summed E-state index contributed by atoms with van der Waals surface area (Å²) in [6, 6.07) is 15.7. The van der Waals surface area contributed by atoms with E-state index in [0.29, 0.717) is 18.2 Å². The van der Waals surface area contributed by atoms with Crippen LogP contribution in [0.1, 0.15) is 25.5 Å². The fourth-order valence-electron chi connectivity index (χ4n) is 3.62. The van der Waals surface area contributed by atoms with Gasteiger partial charge in [-0.3, -0.25) is 4.79 Å². The molecule has 1 fully saturated rings. The van der Waals surface area contributed by atoms with Gasteiger partial charge in [-0.15, -0.1) is 0 Å². The maximum Gasteiger partial charge on any atom is 0.275 e. The van der Waals surface area contributed by atoms with Crippen LogP contribution in [0.3, 0.4) is 0 Å². The van der Waals surface area contributed by atoms with Crippen molar-refractivity contribution in [1.82, 2.24) is 5.32 Å². The van der Waals surface area contributed by atoms with Gasteiger partial charge in [0.15, 0.2) is 6.54 Å². The van der Waals surface area contributed by atoms with Gasteiger partial charge in [0.25, 0.3) is 5.91 Å². The minimum atomic E-state index is -0.0510. The molecule has 3 rings (SSSR count). The van der Waals surface area contributed by atoms with E-state index in [1.54, 1.807) is 0 Å². The molecule has 0 aromatic heterocycles. The highest BCUT2D eigenvalue weighted by molar-refractivity contribution is 6.30. The van der Waals surface area contributed by atoms with E-state index in [1.807, 2.05) is 56.3 Å². The topological polar surface area (TPSA) is 46.0 Å². The van der Waals surface area contributed by atoms with Crippen molar-refractivity contribution in [3.05, 3.63) is 59.1 Å². The lowest BCUT2D eigenvalue weighted by atomic mass is 10.1. The second-order valence-electron chi connectivity index (χ2n) is 7.16. The van der Waals surface area contributed by atoms with Gasteiger partial charge >= 0.3 is 0 Å². The van der Waals surface area contributed by atoms with Gasteiger partial charge in [-0.25, -0.2) is 0 Å². The second-order valence-corrected chi connectivity index (χ2v) is 7.60. The fourth-order valence-corrected chi connectivity index (χ4v) is 3.81. The number of quaternary nitrogens is 1. The van der Waals surface area contributed by atoms with Crippen LogP contribution in [-0.2, 0) is 4.79 Å². The van der Waals surface area contributed by atoms with Crippen molar-refractivity contribution >= 4 is 23.2 Å². The number of para-hydroxylation sites is 2. The second kappa shape index (κ2) is 9.80. The van der Waals surface area contributed by atoms with Gasteiger partial charge in [-0.05, 0) is 43.7 Å². The molecule has 0 bridgehead atoms. The zero-order chi connectivity index (χ0) is 19.9. The number of nitrogens with zero attached hydrogens (tertiary/aromatic N) is 1. The van der Waals surface area contributed by atoms with E-state index in [-0.39, 0.29) is 11.9 Å². The Bertz CT molecular complexity index is 791. The number of hydrogen-bond acceptors (Lipinski definition) is 3. The van der Waals surface area contributed by atoms with Gasteiger partial charge in [0.05, 0.1) is 44.5 Å². The average molecular weight is 403 g/mol. The Labute approximate surface area is 172 Å². The third kappa shape index (κ3) is 5.40. The zero-order valence-corrected chi connectivity index (χ0v) is 17.3.